The monoisotopic (exact) mass is 700 g/mol. The first-order valence-electron chi connectivity index (χ1n) is 15.1. The molecule has 6 heterocycles. The number of rotatable bonds is 7. The summed E-state index contributed by atoms with van der Waals surface area (Å²) in [6.07, 6.45) is 7.02. The Labute approximate surface area is 296 Å². The van der Waals surface area contributed by atoms with Gasteiger partial charge in [-0.15, -0.1) is 22.7 Å². The third-order valence-corrected chi connectivity index (χ3v) is 9.47. The molecule has 3 N–H and O–H groups in total. The summed E-state index contributed by atoms with van der Waals surface area (Å²) in [6.45, 7) is 0.0916. The second kappa shape index (κ2) is 15.3. The van der Waals surface area contributed by atoms with Crippen molar-refractivity contribution in [2.24, 2.45) is 0 Å². The molecule has 2 aromatic carbocycles. The number of thiophene rings is 2. The van der Waals surface area contributed by atoms with Gasteiger partial charge in [-0.25, -0.2) is 19.9 Å². The van der Waals surface area contributed by atoms with Gasteiger partial charge in [0, 0.05) is 44.4 Å². The van der Waals surface area contributed by atoms with Gasteiger partial charge < -0.3 is 20.1 Å². The fourth-order valence-electron chi connectivity index (χ4n) is 5.01. The number of phenols is 1. The Kier molecular flexibility index (Phi) is 10.4. The summed E-state index contributed by atoms with van der Waals surface area (Å²) in [5.74, 6) is 2.24. The number of nitrogens with zero attached hydrogens (tertiary/aromatic N) is 6. The highest BCUT2D eigenvalue weighted by Gasteiger charge is 2.10. The number of fused-ring (bicyclic) bond motifs is 2. The molecule has 10 nitrogen and oxygen atoms in total. The fourth-order valence-corrected chi connectivity index (χ4v) is 6.51. The van der Waals surface area contributed by atoms with Crippen molar-refractivity contribution >= 4 is 44.7 Å². The summed E-state index contributed by atoms with van der Waals surface area (Å²) in [6, 6.07) is 22.3. The van der Waals surface area contributed by atoms with Gasteiger partial charge in [0.05, 0.1) is 43.8 Å². The van der Waals surface area contributed by atoms with Gasteiger partial charge in [0.2, 0.25) is 0 Å². The molecule has 0 bridgehead atoms. The van der Waals surface area contributed by atoms with E-state index in [1.165, 1.54) is 22.7 Å². The molecule has 0 spiro atoms. The van der Waals surface area contributed by atoms with Gasteiger partial charge in [0.25, 0.3) is 0 Å². The molecule has 0 saturated carbocycles. The van der Waals surface area contributed by atoms with Crippen molar-refractivity contribution in [2.75, 3.05) is 7.11 Å². The fraction of sp³-hybridized carbons (Fsp3) is 0.105. The molecule has 0 unspecified atom stereocenters. The van der Waals surface area contributed by atoms with Gasteiger partial charge in [-0.3, -0.25) is 9.97 Å². The molecule has 0 amide bonds. The third-order valence-electron chi connectivity index (χ3n) is 7.63. The maximum Gasteiger partial charge on any atom is 0.159 e. The zero-order chi connectivity index (χ0) is 33.7. The lowest BCUT2D eigenvalue weighted by atomic mass is 10.1. The number of phenolic OH excluding ortho intramolecular Hbond substituents is 1. The van der Waals surface area contributed by atoms with Crippen LogP contribution in [0.3, 0.4) is 0 Å². The lowest BCUT2D eigenvalue weighted by molar-refractivity contribution is 0.285. The maximum atomic E-state index is 9.39. The SMILES string of the molecule is C.COc1ccc(-c2ncc3ncc(-c4csc(CO)c4)cc3n2)cc1.OCc1cc(-c2cnc3cnc(-c4ccc(O)cc4)nc3c2)cs1. The summed E-state index contributed by atoms with van der Waals surface area (Å²) in [5, 5.41) is 31.8. The number of aromatic nitrogens is 6. The Balaban J connectivity index is 0.000000170. The van der Waals surface area contributed by atoms with Crippen molar-refractivity contribution in [3.8, 4) is 56.5 Å². The van der Waals surface area contributed by atoms with E-state index < -0.39 is 0 Å². The van der Waals surface area contributed by atoms with Crippen LogP contribution in [0.15, 0.2) is 108 Å². The van der Waals surface area contributed by atoms with Gasteiger partial charge in [0.1, 0.15) is 22.5 Å². The number of aliphatic hydroxyl groups excluding tert-OH is 2. The maximum absolute atomic E-state index is 9.39. The minimum Gasteiger partial charge on any atom is -0.508 e. The van der Waals surface area contributed by atoms with Gasteiger partial charge in [-0.05, 0) is 94.7 Å². The summed E-state index contributed by atoms with van der Waals surface area (Å²) in [5.41, 5.74) is 8.74. The van der Waals surface area contributed by atoms with E-state index in [9.17, 15) is 15.3 Å². The quantitative estimate of drug-likeness (QED) is 0.149. The number of hydrogen-bond donors (Lipinski definition) is 3. The van der Waals surface area contributed by atoms with Crippen LogP contribution in [0.1, 0.15) is 17.2 Å². The highest BCUT2D eigenvalue weighted by Crippen LogP contribution is 2.29. The van der Waals surface area contributed by atoms with Gasteiger partial charge in [-0.2, -0.15) is 0 Å². The van der Waals surface area contributed by atoms with E-state index in [0.717, 1.165) is 71.0 Å². The van der Waals surface area contributed by atoms with E-state index in [2.05, 4.69) is 29.9 Å². The van der Waals surface area contributed by atoms with Crippen LogP contribution < -0.4 is 4.74 Å². The third kappa shape index (κ3) is 7.48. The summed E-state index contributed by atoms with van der Waals surface area (Å²) in [4.78, 5) is 28.7. The van der Waals surface area contributed by atoms with Crippen molar-refractivity contribution in [2.45, 2.75) is 20.6 Å². The van der Waals surface area contributed by atoms with E-state index in [0.29, 0.717) is 11.6 Å². The molecular formula is C38H32N6O4S2. The van der Waals surface area contributed by atoms with Crippen LogP contribution in [0.5, 0.6) is 11.5 Å². The molecule has 0 aliphatic heterocycles. The normalized spacial score (nSPS) is 10.8. The van der Waals surface area contributed by atoms with Crippen molar-refractivity contribution < 1.29 is 20.1 Å². The van der Waals surface area contributed by atoms with E-state index in [4.69, 9.17) is 4.74 Å². The molecule has 0 radical (unpaired) electrons. The Morgan fingerprint density at radius 2 is 1.00 bits per heavy atom. The lowest BCUT2D eigenvalue weighted by Crippen LogP contribution is -1.92. The predicted molar refractivity (Wildman–Crippen MR) is 199 cm³/mol. The lowest BCUT2D eigenvalue weighted by Gasteiger charge is -2.05. The highest BCUT2D eigenvalue weighted by molar-refractivity contribution is 7.10. The Morgan fingerprint density at radius 3 is 1.42 bits per heavy atom. The molecule has 0 saturated heterocycles. The summed E-state index contributed by atoms with van der Waals surface area (Å²) in [7, 11) is 1.64. The Hall–Kier alpha value is -5.66. The molecule has 6 aromatic heterocycles. The van der Waals surface area contributed by atoms with E-state index in [1.807, 2.05) is 65.5 Å². The highest BCUT2D eigenvalue weighted by atomic mass is 32.1. The molecule has 8 rings (SSSR count). The smallest absolute Gasteiger partial charge is 0.159 e. The number of aromatic hydroxyl groups is 1. The molecule has 8 aromatic rings. The van der Waals surface area contributed by atoms with Crippen LogP contribution in [0.2, 0.25) is 0 Å². The van der Waals surface area contributed by atoms with Crippen LogP contribution >= 0.6 is 22.7 Å². The largest absolute Gasteiger partial charge is 0.508 e. The molecule has 12 heteroatoms. The number of hydrogen-bond acceptors (Lipinski definition) is 12. The molecule has 250 valence electrons. The molecule has 0 aliphatic rings. The molecule has 50 heavy (non-hydrogen) atoms. The van der Waals surface area contributed by atoms with Crippen LogP contribution in [0, 0.1) is 0 Å². The minimum absolute atomic E-state index is 0. The first-order chi connectivity index (χ1) is 24.0. The van der Waals surface area contributed by atoms with Crippen LogP contribution in [0.25, 0.3) is 67.1 Å². The topological polar surface area (TPSA) is 147 Å². The Bertz CT molecular complexity index is 2380. The van der Waals surface area contributed by atoms with Gasteiger partial charge >= 0.3 is 0 Å². The van der Waals surface area contributed by atoms with Gasteiger partial charge in [0.15, 0.2) is 11.6 Å². The van der Waals surface area contributed by atoms with Crippen molar-refractivity contribution in [1.29, 1.82) is 0 Å². The molecule has 0 atom stereocenters. The van der Waals surface area contributed by atoms with E-state index >= 15 is 0 Å². The summed E-state index contributed by atoms with van der Waals surface area (Å²) < 4.78 is 5.18. The average molecular weight is 701 g/mol. The minimum atomic E-state index is 0. The number of ether oxygens (including phenoxy) is 1. The van der Waals surface area contributed by atoms with Crippen LogP contribution in [-0.4, -0.2) is 52.3 Å². The summed E-state index contributed by atoms with van der Waals surface area (Å²) >= 11 is 3.05. The standard InChI is InChI=1S/C19H15N3O2S.C18H13N3O2S.CH4/c1-24-15-4-2-12(3-5-15)19-21-9-18-17(22-19)7-13(8-20-18)14-6-16(10-23)25-11-14;22-9-15-5-13(10-24-15)12-6-16-17(19-7-12)8-20-18(21-16)11-1-3-14(23)4-2-11;/h2-9,11,23H,10H2,1H3;1-8,10,22-23H,9H2;1H4. The average Bonchev–Trinajstić information content (AvgIpc) is 3.85. The molecule has 0 aliphatic carbocycles. The number of pyridine rings is 2. The van der Waals surface area contributed by atoms with Gasteiger partial charge in [-0.1, -0.05) is 7.43 Å². The van der Waals surface area contributed by atoms with Crippen LogP contribution in [-0.2, 0) is 13.2 Å². The zero-order valence-electron chi connectivity index (χ0n) is 26.1. The van der Waals surface area contributed by atoms with Crippen LogP contribution in [0.4, 0.5) is 0 Å². The number of benzene rings is 2. The Morgan fingerprint density at radius 1 is 0.540 bits per heavy atom. The van der Waals surface area contributed by atoms with Crippen molar-refractivity contribution in [3.63, 3.8) is 0 Å². The first-order valence-corrected chi connectivity index (χ1v) is 16.8. The zero-order valence-corrected chi connectivity index (χ0v) is 27.7. The number of methoxy groups -OCH3 is 1. The van der Waals surface area contributed by atoms with Crippen molar-refractivity contribution in [3.05, 3.63) is 118 Å². The van der Waals surface area contributed by atoms with E-state index in [-0.39, 0.29) is 26.4 Å². The second-order valence-electron chi connectivity index (χ2n) is 10.8. The van der Waals surface area contributed by atoms with Crippen molar-refractivity contribution in [1.82, 2.24) is 29.9 Å². The second-order valence-corrected chi connectivity index (χ2v) is 12.8. The predicted octanol–water partition coefficient (Wildman–Crippen LogP) is 8.18. The van der Waals surface area contributed by atoms with E-state index in [1.54, 1.807) is 50.0 Å². The first kappa shape index (κ1) is 34.2. The number of aliphatic hydroxyl groups is 2. The molecule has 0 fully saturated rings. The molecular weight excluding hydrogens is 669 g/mol.